The van der Waals surface area contributed by atoms with Crippen LogP contribution in [0, 0.1) is 10.8 Å². The quantitative estimate of drug-likeness (QED) is 0.575. The molecule has 0 aromatic heterocycles. The monoisotopic (exact) mass is 184 g/mol. The van der Waals surface area contributed by atoms with Crippen molar-refractivity contribution in [1.82, 2.24) is 5.32 Å². The van der Waals surface area contributed by atoms with E-state index >= 15 is 0 Å². The van der Waals surface area contributed by atoms with Gasteiger partial charge >= 0.3 is 0 Å². The van der Waals surface area contributed by atoms with Gasteiger partial charge in [-0.25, -0.2) is 0 Å². The van der Waals surface area contributed by atoms with Gasteiger partial charge in [0, 0.05) is 10.8 Å². The van der Waals surface area contributed by atoms with Gasteiger partial charge in [-0.2, -0.15) is 5.32 Å². The maximum absolute atomic E-state index is 11.3. The van der Waals surface area contributed by atoms with E-state index in [4.69, 9.17) is 0 Å². The summed E-state index contributed by atoms with van der Waals surface area (Å²) >= 11 is 0. The number of carbonyl (C=O) groups excluding carboxylic acids is 2. The van der Waals surface area contributed by atoms with Crippen molar-refractivity contribution >= 4 is 11.8 Å². The van der Waals surface area contributed by atoms with Crippen LogP contribution in [0.4, 0.5) is 0 Å². The summed E-state index contributed by atoms with van der Waals surface area (Å²) in [7, 11) is 0. The Bertz CT molecular complexity index is 194. The minimum absolute atomic E-state index is 0.354. The number of rotatable bonds is 0. The van der Waals surface area contributed by atoms with Crippen molar-refractivity contribution in [3.05, 3.63) is 0 Å². The second-order valence-electron chi connectivity index (χ2n) is 5.22. The standard InChI is InChI=1S/C10H18NO2/c1-9(2,3)7(12)11-8(13)10(4,5)6/h1-6H3. The Hall–Kier alpha value is -0.860. The lowest BCUT2D eigenvalue weighted by molar-refractivity contribution is -0.139. The molecule has 0 N–H and O–H groups in total. The van der Waals surface area contributed by atoms with E-state index in [1.807, 2.05) is 0 Å². The van der Waals surface area contributed by atoms with Crippen molar-refractivity contribution in [3.63, 3.8) is 0 Å². The summed E-state index contributed by atoms with van der Waals surface area (Å²) in [5.74, 6) is -0.708. The molecule has 13 heavy (non-hydrogen) atoms. The molecule has 0 spiro atoms. The zero-order valence-corrected chi connectivity index (χ0v) is 9.26. The van der Waals surface area contributed by atoms with Crippen molar-refractivity contribution < 1.29 is 9.59 Å². The van der Waals surface area contributed by atoms with E-state index in [2.05, 4.69) is 5.32 Å². The fourth-order valence-electron chi connectivity index (χ4n) is 0.428. The fourth-order valence-corrected chi connectivity index (χ4v) is 0.428. The van der Waals surface area contributed by atoms with Crippen molar-refractivity contribution in [3.8, 4) is 0 Å². The van der Waals surface area contributed by atoms with Crippen molar-refractivity contribution in [1.29, 1.82) is 0 Å². The van der Waals surface area contributed by atoms with E-state index in [0.717, 1.165) is 0 Å². The van der Waals surface area contributed by atoms with E-state index in [1.54, 1.807) is 41.5 Å². The molecule has 0 bridgehead atoms. The molecule has 0 atom stereocenters. The molecule has 3 heteroatoms. The molecular weight excluding hydrogens is 166 g/mol. The Labute approximate surface area is 79.9 Å². The van der Waals surface area contributed by atoms with Crippen molar-refractivity contribution in [2.45, 2.75) is 41.5 Å². The van der Waals surface area contributed by atoms with Crippen LogP contribution in [0.5, 0.6) is 0 Å². The molecule has 2 amide bonds. The molecule has 75 valence electrons. The molecule has 0 aliphatic rings. The molecule has 1 radical (unpaired) electrons. The molecule has 0 saturated carbocycles. The first-order chi connectivity index (χ1) is 5.55. The minimum atomic E-state index is -0.569. The van der Waals surface area contributed by atoms with Gasteiger partial charge in [-0.05, 0) is 0 Å². The molecule has 0 aliphatic carbocycles. The summed E-state index contributed by atoms with van der Waals surface area (Å²) < 4.78 is 0. The second-order valence-corrected chi connectivity index (χ2v) is 5.22. The number of amides is 2. The van der Waals surface area contributed by atoms with Crippen LogP contribution >= 0.6 is 0 Å². The normalized spacial score (nSPS) is 12.5. The summed E-state index contributed by atoms with van der Waals surface area (Å²) in [6.07, 6.45) is 0. The van der Waals surface area contributed by atoms with Crippen LogP contribution < -0.4 is 5.32 Å². The van der Waals surface area contributed by atoms with E-state index in [-0.39, 0.29) is 11.8 Å². The van der Waals surface area contributed by atoms with Gasteiger partial charge in [0.25, 0.3) is 11.8 Å². The highest BCUT2D eigenvalue weighted by Crippen LogP contribution is 2.17. The predicted molar refractivity (Wildman–Crippen MR) is 51.1 cm³/mol. The SMILES string of the molecule is CC(C)(C)C(=O)[N]C(=O)C(C)(C)C. The summed E-state index contributed by atoms with van der Waals surface area (Å²) in [5.41, 5.74) is -1.14. The topological polar surface area (TPSA) is 48.2 Å². The Morgan fingerprint density at radius 3 is 1.15 bits per heavy atom. The van der Waals surface area contributed by atoms with Gasteiger partial charge in [-0.15, -0.1) is 0 Å². The zero-order chi connectivity index (χ0) is 10.9. The van der Waals surface area contributed by atoms with Gasteiger partial charge in [0.2, 0.25) is 0 Å². The number of nitrogens with zero attached hydrogens (tertiary/aromatic N) is 1. The smallest absolute Gasteiger partial charge is 0.254 e. The van der Waals surface area contributed by atoms with Gasteiger partial charge in [0.05, 0.1) is 0 Å². The van der Waals surface area contributed by atoms with Crippen LogP contribution in [0.1, 0.15) is 41.5 Å². The largest absolute Gasteiger partial charge is 0.272 e. The second kappa shape index (κ2) is 3.48. The van der Waals surface area contributed by atoms with E-state index in [1.165, 1.54) is 0 Å². The van der Waals surface area contributed by atoms with Crippen LogP contribution in [0.3, 0.4) is 0 Å². The number of hydrogen-bond donors (Lipinski definition) is 0. The molecule has 0 aromatic rings. The van der Waals surface area contributed by atoms with Gasteiger partial charge in [0.1, 0.15) is 0 Å². The van der Waals surface area contributed by atoms with Crippen molar-refractivity contribution in [2.75, 3.05) is 0 Å². The molecule has 3 nitrogen and oxygen atoms in total. The maximum Gasteiger partial charge on any atom is 0.254 e. The maximum atomic E-state index is 11.3. The highest BCUT2D eigenvalue weighted by molar-refractivity contribution is 5.99. The number of hydrogen-bond acceptors (Lipinski definition) is 2. The highest BCUT2D eigenvalue weighted by Gasteiger charge is 2.30. The van der Waals surface area contributed by atoms with E-state index in [0.29, 0.717) is 0 Å². The molecule has 0 heterocycles. The van der Waals surface area contributed by atoms with E-state index in [9.17, 15) is 9.59 Å². The van der Waals surface area contributed by atoms with Crippen molar-refractivity contribution in [2.24, 2.45) is 10.8 Å². The molecular formula is C10H18NO2. The molecule has 0 aromatic carbocycles. The first-order valence-corrected chi connectivity index (χ1v) is 4.36. The summed E-state index contributed by atoms with van der Waals surface area (Å²) in [4.78, 5) is 22.7. The molecule has 0 aliphatic heterocycles. The van der Waals surface area contributed by atoms with Gasteiger partial charge in [-0.1, -0.05) is 41.5 Å². The summed E-state index contributed by atoms with van der Waals surface area (Å²) in [5, 5.41) is 3.54. The first-order valence-electron chi connectivity index (χ1n) is 4.36. The number of imide groups is 1. The molecule has 0 fully saturated rings. The average molecular weight is 184 g/mol. The lowest BCUT2D eigenvalue weighted by Crippen LogP contribution is -2.38. The average Bonchev–Trinajstić information content (AvgIpc) is 1.82. The predicted octanol–water partition coefficient (Wildman–Crippen LogP) is 1.74. The zero-order valence-electron chi connectivity index (χ0n) is 9.26. The van der Waals surface area contributed by atoms with Crippen LogP contribution in [-0.2, 0) is 9.59 Å². The first kappa shape index (κ1) is 12.1. The van der Waals surface area contributed by atoms with Gasteiger partial charge in [0.15, 0.2) is 0 Å². The fraction of sp³-hybridized carbons (Fsp3) is 0.800. The third-order valence-corrected chi connectivity index (χ3v) is 1.49. The van der Waals surface area contributed by atoms with Crippen LogP contribution in [0.25, 0.3) is 0 Å². The van der Waals surface area contributed by atoms with Crippen LogP contribution in [-0.4, -0.2) is 11.8 Å². The summed E-state index contributed by atoms with van der Waals surface area (Å²) in [6, 6.07) is 0. The van der Waals surface area contributed by atoms with Gasteiger partial charge in [-0.3, -0.25) is 9.59 Å². The van der Waals surface area contributed by atoms with Crippen LogP contribution in [0.15, 0.2) is 0 Å². The highest BCUT2D eigenvalue weighted by atomic mass is 16.2. The minimum Gasteiger partial charge on any atom is -0.272 e. The Morgan fingerprint density at radius 2 is 1.00 bits per heavy atom. The third-order valence-electron chi connectivity index (χ3n) is 1.49. The molecule has 0 unspecified atom stereocenters. The molecule has 0 rings (SSSR count). The Balaban J connectivity index is 4.34. The van der Waals surface area contributed by atoms with Gasteiger partial charge < -0.3 is 0 Å². The lowest BCUT2D eigenvalue weighted by atomic mass is 9.92. The third kappa shape index (κ3) is 4.06. The molecule has 0 saturated heterocycles. The Kier molecular flexibility index (Phi) is 3.25. The van der Waals surface area contributed by atoms with E-state index < -0.39 is 10.8 Å². The number of carbonyl (C=O) groups is 2. The lowest BCUT2D eigenvalue weighted by Gasteiger charge is -2.19. The summed E-state index contributed by atoms with van der Waals surface area (Å²) in [6.45, 7) is 10.5. The Morgan fingerprint density at radius 1 is 0.769 bits per heavy atom. The van der Waals surface area contributed by atoms with Crippen LogP contribution in [0.2, 0.25) is 0 Å².